The lowest BCUT2D eigenvalue weighted by molar-refractivity contribution is 0.384. The quantitative estimate of drug-likeness (QED) is 0.870. The van der Waals surface area contributed by atoms with Crippen molar-refractivity contribution in [2.24, 2.45) is 5.92 Å². The van der Waals surface area contributed by atoms with Crippen molar-refractivity contribution in [2.45, 2.75) is 45.6 Å². The first-order chi connectivity index (χ1) is 11.5. The second-order valence-electron chi connectivity index (χ2n) is 6.48. The zero-order valence-corrected chi connectivity index (χ0v) is 14.8. The number of hydrogen-bond donors (Lipinski definition) is 1. The molecule has 1 N–H and O–H groups in total. The molecule has 0 aromatic carbocycles. The summed E-state index contributed by atoms with van der Waals surface area (Å²) in [5, 5.41) is 0. The molecule has 0 spiro atoms. The van der Waals surface area contributed by atoms with E-state index in [1.54, 1.807) is 12.4 Å². The van der Waals surface area contributed by atoms with Crippen molar-refractivity contribution < 1.29 is 8.42 Å². The van der Waals surface area contributed by atoms with E-state index in [-0.39, 0.29) is 12.3 Å². The van der Waals surface area contributed by atoms with Gasteiger partial charge in [0.2, 0.25) is 10.0 Å². The first kappa shape index (κ1) is 17.1. The van der Waals surface area contributed by atoms with Gasteiger partial charge in [0.1, 0.15) is 11.6 Å². The Morgan fingerprint density at radius 3 is 2.62 bits per heavy atom. The Morgan fingerprint density at radius 1 is 1.21 bits per heavy atom. The van der Waals surface area contributed by atoms with Crippen LogP contribution in [0.3, 0.4) is 0 Å². The van der Waals surface area contributed by atoms with E-state index in [4.69, 9.17) is 0 Å². The zero-order chi connectivity index (χ0) is 17.0. The highest BCUT2D eigenvalue weighted by atomic mass is 32.2. The van der Waals surface area contributed by atoms with Gasteiger partial charge >= 0.3 is 0 Å². The summed E-state index contributed by atoms with van der Waals surface area (Å²) < 4.78 is 29.0. The Morgan fingerprint density at radius 2 is 2.00 bits per heavy atom. The second kappa shape index (κ2) is 7.44. The van der Waals surface area contributed by atoms with E-state index in [0.29, 0.717) is 5.92 Å². The molecule has 0 saturated heterocycles. The molecule has 0 aliphatic heterocycles. The fourth-order valence-electron chi connectivity index (χ4n) is 3.20. The largest absolute Gasteiger partial charge is 0.288 e. The minimum Gasteiger partial charge on any atom is -0.288 e. The van der Waals surface area contributed by atoms with Gasteiger partial charge in [-0.25, -0.2) is 23.1 Å². The van der Waals surface area contributed by atoms with Gasteiger partial charge in [-0.3, -0.25) is 4.57 Å². The fraction of sp³-hybridized carbons (Fsp3) is 0.529. The maximum Gasteiger partial charge on any atom is 0.212 e. The molecule has 6 nitrogen and oxygen atoms in total. The average Bonchev–Trinajstić information content (AvgIpc) is 3.00. The molecule has 0 unspecified atom stereocenters. The van der Waals surface area contributed by atoms with E-state index >= 15 is 0 Å². The molecule has 130 valence electrons. The number of nitrogens with zero attached hydrogens (tertiary/aromatic N) is 3. The minimum atomic E-state index is -3.23. The Kier molecular flexibility index (Phi) is 5.30. The lowest BCUT2D eigenvalue weighted by atomic mass is 9.91. The molecule has 1 aliphatic rings. The summed E-state index contributed by atoms with van der Waals surface area (Å²) in [5.41, 5.74) is 0.851. The summed E-state index contributed by atoms with van der Waals surface area (Å²) >= 11 is 0. The number of rotatable bonds is 6. The summed E-state index contributed by atoms with van der Waals surface area (Å²) in [5.74, 6) is 2.19. The van der Waals surface area contributed by atoms with Gasteiger partial charge in [-0.15, -0.1) is 0 Å². The van der Waals surface area contributed by atoms with Crippen LogP contribution in [0.15, 0.2) is 30.7 Å². The summed E-state index contributed by atoms with van der Waals surface area (Å²) in [6.45, 7) is 2.19. The van der Waals surface area contributed by atoms with Gasteiger partial charge in [0.05, 0.1) is 5.75 Å². The van der Waals surface area contributed by atoms with E-state index in [0.717, 1.165) is 42.9 Å². The Bertz CT molecular complexity index is 762. The molecule has 0 atom stereocenters. The van der Waals surface area contributed by atoms with Crippen LogP contribution in [0.1, 0.15) is 43.5 Å². The van der Waals surface area contributed by atoms with Gasteiger partial charge in [-0.1, -0.05) is 25.3 Å². The van der Waals surface area contributed by atoms with Gasteiger partial charge in [-0.05, 0) is 37.3 Å². The molecular formula is C17H24N4O2S. The Hall–Kier alpha value is -1.73. The number of aromatic nitrogens is 3. The van der Waals surface area contributed by atoms with Gasteiger partial charge < -0.3 is 0 Å². The Labute approximate surface area is 143 Å². The lowest BCUT2D eigenvalue weighted by Gasteiger charge is -2.21. The molecule has 7 heteroatoms. The molecule has 1 saturated carbocycles. The van der Waals surface area contributed by atoms with E-state index in [1.165, 1.54) is 6.42 Å². The van der Waals surface area contributed by atoms with Crippen LogP contribution in [-0.2, 0) is 16.6 Å². The number of sulfonamides is 1. The molecule has 2 heterocycles. The highest BCUT2D eigenvalue weighted by Gasteiger charge is 2.21. The summed E-state index contributed by atoms with van der Waals surface area (Å²) in [6, 6.07) is 3.77. The minimum absolute atomic E-state index is 0.243. The van der Waals surface area contributed by atoms with Crippen molar-refractivity contribution in [3.05, 3.63) is 42.1 Å². The molecule has 1 fully saturated rings. The summed E-state index contributed by atoms with van der Waals surface area (Å²) in [6.07, 6.45) is 10.9. The first-order valence-corrected chi connectivity index (χ1v) is 10.1. The molecule has 0 bridgehead atoms. The van der Waals surface area contributed by atoms with Crippen LogP contribution in [0.4, 0.5) is 0 Å². The number of nitrogens with one attached hydrogen (secondary N) is 1. The monoisotopic (exact) mass is 348 g/mol. The average molecular weight is 348 g/mol. The molecular weight excluding hydrogens is 324 g/mol. The van der Waals surface area contributed by atoms with Crippen LogP contribution in [-0.4, -0.2) is 28.7 Å². The van der Waals surface area contributed by atoms with E-state index < -0.39 is 10.0 Å². The van der Waals surface area contributed by atoms with Gasteiger partial charge in [0.25, 0.3) is 0 Å². The lowest BCUT2D eigenvalue weighted by Crippen LogP contribution is -2.30. The molecule has 2 aromatic heterocycles. The molecule has 3 rings (SSSR count). The third kappa shape index (κ3) is 4.42. The van der Waals surface area contributed by atoms with E-state index in [9.17, 15) is 8.42 Å². The van der Waals surface area contributed by atoms with Crippen molar-refractivity contribution in [3.8, 4) is 5.82 Å². The summed E-state index contributed by atoms with van der Waals surface area (Å²) in [4.78, 5) is 8.56. The number of aryl methyl sites for hydroxylation is 1. The predicted molar refractivity (Wildman–Crippen MR) is 93.3 cm³/mol. The highest BCUT2D eigenvalue weighted by molar-refractivity contribution is 7.89. The molecule has 0 amide bonds. The second-order valence-corrected chi connectivity index (χ2v) is 8.33. The van der Waals surface area contributed by atoms with Gasteiger partial charge in [-0.2, -0.15) is 0 Å². The molecule has 2 aromatic rings. The van der Waals surface area contributed by atoms with Crippen LogP contribution in [0.2, 0.25) is 0 Å². The summed E-state index contributed by atoms with van der Waals surface area (Å²) in [7, 11) is -3.23. The van der Waals surface area contributed by atoms with E-state index in [1.807, 2.05) is 29.8 Å². The number of pyridine rings is 1. The normalized spacial score (nSPS) is 16.4. The maximum absolute atomic E-state index is 12.2. The highest BCUT2D eigenvalue weighted by Crippen LogP contribution is 2.24. The molecule has 24 heavy (non-hydrogen) atoms. The zero-order valence-electron chi connectivity index (χ0n) is 14.0. The van der Waals surface area contributed by atoms with Gasteiger partial charge in [0.15, 0.2) is 0 Å². The number of imidazole rings is 1. The van der Waals surface area contributed by atoms with Crippen LogP contribution in [0.25, 0.3) is 5.82 Å². The smallest absolute Gasteiger partial charge is 0.212 e. The van der Waals surface area contributed by atoms with Crippen molar-refractivity contribution in [3.63, 3.8) is 0 Å². The van der Waals surface area contributed by atoms with Gasteiger partial charge in [0, 0.05) is 25.1 Å². The van der Waals surface area contributed by atoms with Crippen molar-refractivity contribution >= 4 is 10.0 Å². The van der Waals surface area contributed by atoms with Crippen LogP contribution < -0.4 is 4.72 Å². The molecule has 0 radical (unpaired) electrons. The van der Waals surface area contributed by atoms with Crippen molar-refractivity contribution in [1.82, 2.24) is 19.3 Å². The van der Waals surface area contributed by atoms with Crippen LogP contribution in [0.5, 0.6) is 0 Å². The number of hydrogen-bond acceptors (Lipinski definition) is 4. The third-order valence-corrected chi connectivity index (χ3v) is 6.05. The standard InChI is InChI=1S/C17H24N4O2S/c1-14-18-9-10-21(14)17-8-7-16(11-19-17)12-20-24(22,23)13-15-5-3-2-4-6-15/h7-11,15,20H,2-6,12-13H2,1H3. The first-order valence-electron chi connectivity index (χ1n) is 8.46. The van der Waals surface area contributed by atoms with Crippen LogP contribution >= 0.6 is 0 Å². The fourth-order valence-corrected chi connectivity index (χ4v) is 4.66. The van der Waals surface area contributed by atoms with Crippen molar-refractivity contribution in [2.75, 3.05) is 5.75 Å². The maximum atomic E-state index is 12.2. The van der Waals surface area contributed by atoms with Crippen molar-refractivity contribution in [1.29, 1.82) is 0 Å². The van der Waals surface area contributed by atoms with Crippen LogP contribution in [0, 0.1) is 12.8 Å². The third-order valence-electron chi connectivity index (χ3n) is 4.56. The Balaban J connectivity index is 1.57. The molecule has 1 aliphatic carbocycles. The SMILES string of the molecule is Cc1nccn1-c1ccc(CNS(=O)(=O)CC2CCCCC2)cn1. The topological polar surface area (TPSA) is 76.9 Å². The van der Waals surface area contributed by atoms with E-state index in [2.05, 4.69) is 14.7 Å². The predicted octanol–water partition coefficient (Wildman–Crippen LogP) is 2.58.